The third-order valence-electron chi connectivity index (χ3n) is 2.91. The van der Waals surface area contributed by atoms with Crippen LogP contribution in [0.5, 0.6) is 5.75 Å². The number of ether oxygens (including phenoxy) is 1. The Hall–Kier alpha value is -3.09. The molecule has 0 amide bonds. The maximum absolute atomic E-state index is 13.1. The first kappa shape index (κ1) is 18.3. The highest BCUT2D eigenvalue weighted by molar-refractivity contribution is 5.74. The molecule has 0 saturated carbocycles. The van der Waals surface area contributed by atoms with Gasteiger partial charge in [-0.15, -0.1) is 10.2 Å². The third-order valence-corrected chi connectivity index (χ3v) is 2.91. The Kier molecular flexibility index (Phi) is 5.59. The van der Waals surface area contributed by atoms with Crippen LogP contribution in [0, 0.1) is 17.2 Å². The first-order valence-electron chi connectivity index (χ1n) is 7.25. The number of nitrogens with zero attached hydrogens (tertiary/aromatic N) is 4. The van der Waals surface area contributed by atoms with E-state index in [0.717, 1.165) is 12.1 Å². The van der Waals surface area contributed by atoms with Crippen LogP contribution >= 0.6 is 0 Å². The highest BCUT2D eigenvalue weighted by Gasteiger charge is 2.31. The number of allylic oxidation sites excluding steroid dienone is 1. The summed E-state index contributed by atoms with van der Waals surface area (Å²) in [5, 5.41) is 24.5. The zero-order valence-electron chi connectivity index (χ0n) is 13.4. The molecule has 2 rings (SSSR count). The molecule has 0 saturated heterocycles. The van der Waals surface area contributed by atoms with Crippen molar-refractivity contribution in [3.63, 3.8) is 0 Å². The quantitative estimate of drug-likeness (QED) is 0.774. The second-order valence-corrected chi connectivity index (χ2v) is 5.50. The molecule has 0 fully saturated rings. The van der Waals surface area contributed by atoms with Gasteiger partial charge in [-0.25, -0.2) is 0 Å². The topological polar surface area (TPSA) is 99.5 Å². The van der Waals surface area contributed by atoms with E-state index >= 15 is 0 Å². The molecule has 0 atom stereocenters. The third kappa shape index (κ3) is 5.20. The van der Waals surface area contributed by atoms with E-state index in [1.165, 1.54) is 12.3 Å². The molecule has 0 aliphatic heterocycles. The molecule has 0 radical (unpaired) electrons. The van der Waals surface area contributed by atoms with Crippen molar-refractivity contribution in [3.05, 3.63) is 35.8 Å². The minimum Gasteiger partial charge on any atom is -0.493 e. The molecule has 1 heterocycles. The van der Waals surface area contributed by atoms with E-state index in [-0.39, 0.29) is 35.4 Å². The van der Waals surface area contributed by atoms with Gasteiger partial charge < -0.3 is 10.1 Å². The van der Waals surface area contributed by atoms with Crippen molar-refractivity contribution in [3.8, 4) is 11.8 Å². The van der Waals surface area contributed by atoms with Gasteiger partial charge in [-0.1, -0.05) is 13.8 Å². The predicted octanol–water partition coefficient (Wildman–Crippen LogP) is 3.23. The fourth-order valence-electron chi connectivity index (χ4n) is 1.77. The Bertz CT molecular complexity index is 778. The van der Waals surface area contributed by atoms with Crippen molar-refractivity contribution in [2.75, 3.05) is 11.9 Å². The minimum atomic E-state index is -4.52. The maximum atomic E-state index is 13.1. The van der Waals surface area contributed by atoms with Gasteiger partial charge >= 0.3 is 6.18 Å². The normalized spacial score (nSPS) is 12.1. The average molecular weight is 352 g/mol. The van der Waals surface area contributed by atoms with Crippen LogP contribution in [0.2, 0.25) is 0 Å². The number of H-pyrrole nitrogens is 1. The molecule has 0 unspecified atom stereocenters. The lowest BCUT2D eigenvalue weighted by Crippen LogP contribution is -2.09. The molecule has 2 aromatic rings. The average Bonchev–Trinajstić information content (AvgIpc) is 3.07. The van der Waals surface area contributed by atoms with E-state index in [1.807, 2.05) is 19.9 Å². The SMILES string of the molecule is CC(C)COc1cc(NC=C(C#N)c2nn[nH]n2)cc(C(F)(F)F)c1. The Morgan fingerprint density at radius 3 is 2.72 bits per heavy atom. The zero-order chi connectivity index (χ0) is 18.4. The predicted molar refractivity (Wildman–Crippen MR) is 83.2 cm³/mol. The molecule has 7 nitrogen and oxygen atoms in total. The number of rotatable bonds is 6. The molecule has 0 spiro atoms. The summed E-state index contributed by atoms with van der Waals surface area (Å²) in [5.74, 6) is 0.269. The highest BCUT2D eigenvalue weighted by Crippen LogP contribution is 2.34. The van der Waals surface area contributed by atoms with E-state index in [4.69, 9.17) is 10.00 Å². The van der Waals surface area contributed by atoms with Gasteiger partial charge in [0.05, 0.1) is 12.2 Å². The number of hydrogen-bond acceptors (Lipinski definition) is 6. The smallest absolute Gasteiger partial charge is 0.416 e. The van der Waals surface area contributed by atoms with E-state index in [1.54, 1.807) is 0 Å². The van der Waals surface area contributed by atoms with E-state index in [9.17, 15) is 13.2 Å². The molecular weight excluding hydrogens is 337 g/mol. The van der Waals surface area contributed by atoms with Gasteiger partial charge in [0.25, 0.3) is 0 Å². The molecule has 1 aromatic heterocycles. The van der Waals surface area contributed by atoms with Crippen LogP contribution in [0.15, 0.2) is 24.4 Å². The molecule has 132 valence electrons. The van der Waals surface area contributed by atoms with Crippen LogP contribution in [0.3, 0.4) is 0 Å². The van der Waals surface area contributed by atoms with E-state index in [0.29, 0.717) is 0 Å². The largest absolute Gasteiger partial charge is 0.493 e. The molecule has 0 aliphatic rings. The van der Waals surface area contributed by atoms with Gasteiger partial charge in [0.2, 0.25) is 5.82 Å². The summed E-state index contributed by atoms with van der Waals surface area (Å²) in [6.45, 7) is 4.06. The number of nitrogens with one attached hydrogen (secondary N) is 2. The van der Waals surface area contributed by atoms with Gasteiger partial charge in [0.15, 0.2) is 0 Å². The van der Waals surface area contributed by atoms with Crippen LogP contribution in [-0.2, 0) is 6.18 Å². The van der Waals surface area contributed by atoms with Gasteiger partial charge in [-0.2, -0.15) is 23.6 Å². The van der Waals surface area contributed by atoms with Crippen LogP contribution < -0.4 is 10.1 Å². The number of benzene rings is 1. The number of halogens is 3. The number of tetrazole rings is 1. The van der Waals surface area contributed by atoms with Crippen molar-refractivity contribution < 1.29 is 17.9 Å². The summed E-state index contributed by atoms with van der Waals surface area (Å²) in [6, 6.07) is 5.10. The number of anilines is 1. The lowest BCUT2D eigenvalue weighted by Gasteiger charge is -2.14. The monoisotopic (exact) mass is 352 g/mol. The lowest BCUT2D eigenvalue weighted by molar-refractivity contribution is -0.137. The number of alkyl halides is 3. The second-order valence-electron chi connectivity index (χ2n) is 5.50. The van der Waals surface area contributed by atoms with Gasteiger partial charge in [0.1, 0.15) is 17.4 Å². The number of nitriles is 1. The summed E-state index contributed by atoms with van der Waals surface area (Å²) in [4.78, 5) is 0. The van der Waals surface area contributed by atoms with Crippen molar-refractivity contribution >= 4 is 11.3 Å². The van der Waals surface area contributed by atoms with Crippen LogP contribution in [-0.4, -0.2) is 27.2 Å². The summed E-state index contributed by atoms with van der Waals surface area (Å²) >= 11 is 0. The van der Waals surface area contributed by atoms with Gasteiger partial charge in [-0.05, 0) is 23.3 Å². The van der Waals surface area contributed by atoms with Crippen molar-refractivity contribution in [2.24, 2.45) is 5.92 Å². The zero-order valence-corrected chi connectivity index (χ0v) is 13.4. The molecule has 0 bridgehead atoms. The minimum absolute atomic E-state index is 0.0100. The van der Waals surface area contributed by atoms with Crippen molar-refractivity contribution in [2.45, 2.75) is 20.0 Å². The molecule has 0 aliphatic carbocycles. The Balaban J connectivity index is 2.29. The van der Waals surface area contributed by atoms with Gasteiger partial charge in [-0.3, -0.25) is 0 Å². The van der Waals surface area contributed by atoms with Crippen LogP contribution in [0.1, 0.15) is 25.2 Å². The summed E-state index contributed by atoms with van der Waals surface area (Å²) < 4.78 is 44.5. The fourth-order valence-corrected chi connectivity index (χ4v) is 1.77. The van der Waals surface area contributed by atoms with Crippen molar-refractivity contribution in [1.82, 2.24) is 20.6 Å². The molecule has 1 aromatic carbocycles. The molecule has 2 N–H and O–H groups in total. The van der Waals surface area contributed by atoms with Crippen molar-refractivity contribution in [1.29, 1.82) is 5.26 Å². The highest BCUT2D eigenvalue weighted by atomic mass is 19.4. The number of aromatic nitrogens is 4. The standard InChI is InChI=1S/C15H15F3N6O/c1-9(2)8-25-13-4-11(15(16,17)18)3-12(5-13)20-7-10(6-19)14-21-23-24-22-14/h3-5,7,9,20H,8H2,1-2H3,(H,21,22,23,24). The Labute approximate surface area is 141 Å². The maximum Gasteiger partial charge on any atom is 0.416 e. The molecule has 25 heavy (non-hydrogen) atoms. The lowest BCUT2D eigenvalue weighted by atomic mass is 10.1. The first-order valence-corrected chi connectivity index (χ1v) is 7.25. The first-order chi connectivity index (χ1) is 11.8. The Morgan fingerprint density at radius 2 is 2.16 bits per heavy atom. The second kappa shape index (κ2) is 7.65. The molecular formula is C15H15F3N6O. The summed E-state index contributed by atoms with van der Waals surface area (Å²) in [6.07, 6.45) is -3.32. The number of aromatic amines is 1. The Morgan fingerprint density at radius 1 is 1.40 bits per heavy atom. The fraction of sp³-hybridized carbons (Fsp3) is 0.333. The van der Waals surface area contributed by atoms with Gasteiger partial charge in [0, 0.05) is 18.0 Å². The molecule has 10 heteroatoms. The van der Waals surface area contributed by atoms with E-state index in [2.05, 4.69) is 25.9 Å². The van der Waals surface area contributed by atoms with E-state index < -0.39 is 11.7 Å². The summed E-state index contributed by atoms with van der Waals surface area (Å²) in [5.41, 5.74) is -0.733. The number of hydrogen-bond donors (Lipinski definition) is 2. The summed E-state index contributed by atoms with van der Waals surface area (Å²) in [7, 11) is 0. The van der Waals surface area contributed by atoms with Crippen LogP contribution in [0.4, 0.5) is 18.9 Å². The van der Waals surface area contributed by atoms with Crippen LogP contribution in [0.25, 0.3) is 5.57 Å².